The molecule has 0 bridgehead atoms. The summed E-state index contributed by atoms with van der Waals surface area (Å²) in [6.45, 7) is 3.64. The number of amidine groups is 1. The van der Waals surface area contributed by atoms with Crippen LogP contribution in [-0.2, 0) is 0 Å². The highest BCUT2D eigenvalue weighted by molar-refractivity contribution is 6.11. The molecule has 0 aliphatic carbocycles. The van der Waals surface area contributed by atoms with Gasteiger partial charge in [0.05, 0.1) is 0 Å². The van der Waals surface area contributed by atoms with E-state index in [0.717, 1.165) is 0 Å². The molecule has 4 heteroatoms. The summed E-state index contributed by atoms with van der Waals surface area (Å²) >= 11 is 0. The van der Waals surface area contributed by atoms with Crippen molar-refractivity contribution in [2.75, 3.05) is 0 Å². The van der Waals surface area contributed by atoms with E-state index < -0.39 is 0 Å². The molecule has 0 fully saturated rings. The number of benzene rings is 1. The van der Waals surface area contributed by atoms with Gasteiger partial charge in [0.1, 0.15) is 5.84 Å². The van der Waals surface area contributed by atoms with E-state index in [9.17, 15) is 4.79 Å². The maximum Gasteiger partial charge on any atom is 0.256 e. The second-order valence-electron chi connectivity index (χ2n) is 3.70. The monoisotopic (exact) mass is 231 g/mol. The lowest BCUT2D eigenvalue weighted by Gasteiger charge is -2.09. The van der Waals surface area contributed by atoms with Crippen LogP contribution in [0.1, 0.15) is 30.6 Å². The first kappa shape index (κ1) is 13.0. The Bertz CT molecular complexity index is 449. The zero-order valence-corrected chi connectivity index (χ0v) is 10.1. The molecule has 17 heavy (non-hydrogen) atoms. The van der Waals surface area contributed by atoms with Gasteiger partial charge in [-0.2, -0.15) is 0 Å². The van der Waals surface area contributed by atoms with Crippen LogP contribution < -0.4 is 11.1 Å². The molecule has 0 unspecified atom stereocenters. The van der Waals surface area contributed by atoms with Crippen molar-refractivity contribution in [1.29, 1.82) is 5.41 Å². The van der Waals surface area contributed by atoms with Gasteiger partial charge in [0.15, 0.2) is 0 Å². The van der Waals surface area contributed by atoms with Crippen molar-refractivity contribution in [3.05, 3.63) is 47.2 Å². The van der Waals surface area contributed by atoms with Crippen molar-refractivity contribution in [2.45, 2.75) is 20.3 Å². The highest BCUT2D eigenvalue weighted by Gasteiger charge is 2.09. The van der Waals surface area contributed by atoms with Crippen LogP contribution in [0, 0.1) is 5.41 Å². The van der Waals surface area contributed by atoms with Crippen LogP contribution in [0.2, 0.25) is 0 Å². The molecule has 0 saturated carbocycles. The number of carbonyl (C=O) groups excluding carboxylic acids is 1. The second-order valence-corrected chi connectivity index (χ2v) is 3.70. The van der Waals surface area contributed by atoms with Crippen LogP contribution in [0.3, 0.4) is 0 Å². The quantitative estimate of drug-likeness (QED) is 0.549. The lowest BCUT2D eigenvalue weighted by atomic mass is 10.1. The van der Waals surface area contributed by atoms with Gasteiger partial charge in [-0.15, -0.1) is 0 Å². The summed E-state index contributed by atoms with van der Waals surface area (Å²) < 4.78 is 0. The molecule has 4 N–H and O–H groups in total. The van der Waals surface area contributed by atoms with Crippen molar-refractivity contribution in [2.24, 2.45) is 5.73 Å². The number of hydrogen-bond donors (Lipinski definition) is 3. The number of allylic oxidation sites excluding steroid dienone is 1. The predicted octanol–water partition coefficient (Wildman–Crippen LogP) is 2.04. The second kappa shape index (κ2) is 5.84. The number of nitrogens with one attached hydrogen (secondary N) is 2. The third-order valence-corrected chi connectivity index (χ3v) is 2.51. The van der Waals surface area contributed by atoms with Crippen molar-refractivity contribution >= 4 is 11.7 Å². The maximum absolute atomic E-state index is 11.8. The van der Waals surface area contributed by atoms with Crippen LogP contribution in [0.4, 0.5) is 0 Å². The van der Waals surface area contributed by atoms with E-state index in [-0.39, 0.29) is 11.7 Å². The minimum atomic E-state index is -0.293. The number of rotatable bonds is 3. The zero-order valence-electron chi connectivity index (χ0n) is 10.1. The minimum Gasteiger partial charge on any atom is -0.402 e. The molecule has 0 aliphatic heterocycles. The van der Waals surface area contributed by atoms with Gasteiger partial charge in [-0.25, -0.2) is 0 Å². The van der Waals surface area contributed by atoms with Crippen LogP contribution in [0.15, 0.2) is 41.6 Å². The van der Waals surface area contributed by atoms with E-state index in [1.54, 1.807) is 31.2 Å². The summed E-state index contributed by atoms with van der Waals surface area (Å²) in [5.74, 6) is -0.239. The Hall–Kier alpha value is -2.10. The Morgan fingerprint density at radius 3 is 2.47 bits per heavy atom. The van der Waals surface area contributed by atoms with E-state index in [4.69, 9.17) is 11.1 Å². The zero-order chi connectivity index (χ0) is 12.8. The fourth-order valence-corrected chi connectivity index (χ4v) is 1.29. The summed E-state index contributed by atoms with van der Waals surface area (Å²) in [6.07, 6.45) is 0.662. The first-order valence-corrected chi connectivity index (χ1v) is 5.46. The van der Waals surface area contributed by atoms with E-state index in [1.165, 1.54) is 0 Å². The summed E-state index contributed by atoms with van der Waals surface area (Å²) in [7, 11) is 0. The molecule has 1 amide bonds. The lowest BCUT2D eigenvalue weighted by molar-refractivity contribution is 0.0977. The average Bonchev–Trinajstić information content (AvgIpc) is 2.37. The molecule has 1 rings (SSSR count). The van der Waals surface area contributed by atoms with Gasteiger partial charge in [0, 0.05) is 16.8 Å². The topological polar surface area (TPSA) is 79.0 Å². The molecule has 0 aromatic heterocycles. The summed E-state index contributed by atoms with van der Waals surface area (Å²) in [5.41, 5.74) is 7.47. The highest BCUT2D eigenvalue weighted by atomic mass is 16.1. The Labute approximate surface area is 101 Å². The molecule has 0 saturated heterocycles. The fraction of sp³-hybridized carbons (Fsp3) is 0.231. The largest absolute Gasteiger partial charge is 0.402 e. The van der Waals surface area contributed by atoms with E-state index in [0.29, 0.717) is 23.3 Å². The van der Waals surface area contributed by atoms with Crippen LogP contribution in [-0.4, -0.2) is 11.7 Å². The lowest BCUT2D eigenvalue weighted by Crippen LogP contribution is -2.31. The van der Waals surface area contributed by atoms with Crippen LogP contribution in [0.5, 0.6) is 0 Å². The van der Waals surface area contributed by atoms with Gasteiger partial charge in [0.2, 0.25) is 0 Å². The average molecular weight is 231 g/mol. The Morgan fingerprint density at radius 1 is 1.35 bits per heavy atom. The third-order valence-electron chi connectivity index (χ3n) is 2.51. The first-order chi connectivity index (χ1) is 8.06. The first-order valence-electron chi connectivity index (χ1n) is 5.46. The molecule has 0 atom stereocenters. The molecular formula is C13H17N3O. The highest BCUT2D eigenvalue weighted by Crippen LogP contribution is 2.03. The molecule has 0 heterocycles. The maximum atomic E-state index is 11.8. The number of amides is 1. The van der Waals surface area contributed by atoms with Crippen molar-refractivity contribution < 1.29 is 4.79 Å². The number of nitrogens with two attached hydrogens (primary N) is 1. The van der Waals surface area contributed by atoms with Gasteiger partial charge in [-0.05, 0) is 25.5 Å². The summed E-state index contributed by atoms with van der Waals surface area (Å²) in [6, 6.07) is 8.79. The molecule has 0 radical (unpaired) electrons. The van der Waals surface area contributed by atoms with Gasteiger partial charge in [-0.3, -0.25) is 10.2 Å². The molecular weight excluding hydrogens is 214 g/mol. The molecule has 1 aromatic rings. The van der Waals surface area contributed by atoms with Crippen molar-refractivity contribution in [3.8, 4) is 0 Å². The van der Waals surface area contributed by atoms with Crippen LogP contribution in [0.25, 0.3) is 0 Å². The predicted molar refractivity (Wildman–Crippen MR) is 68.8 cm³/mol. The summed E-state index contributed by atoms with van der Waals surface area (Å²) in [4.78, 5) is 11.8. The minimum absolute atomic E-state index is 0.0539. The Balaban J connectivity index is 2.74. The van der Waals surface area contributed by atoms with Gasteiger partial charge < -0.3 is 11.1 Å². The number of hydrogen-bond acceptors (Lipinski definition) is 3. The molecule has 4 nitrogen and oxygen atoms in total. The molecule has 1 aromatic carbocycles. The Morgan fingerprint density at radius 2 is 1.94 bits per heavy atom. The van der Waals surface area contributed by atoms with E-state index >= 15 is 0 Å². The number of carbonyl (C=O) groups is 1. The summed E-state index contributed by atoms with van der Waals surface area (Å²) in [5, 5.41) is 10.3. The van der Waals surface area contributed by atoms with E-state index in [1.807, 2.05) is 13.0 Å². The molecule has 0 aliphatic rings. The van der Waals surface area contributed by atoms with Gasteiger partial charge >= 0.3 is 0 Å². The Kier molecular flexibility index (Phi) is 4.46. The molecule has 90 valence electrons. The van der Waals surface area contributed by atoms with Gasteiger partial charge in [0.25, 0.3) is 5.91 Å². The van der Waals surface area contributed by atoms with Crippen molar-refractivity contribution in [3.63, 3.8) is 0 Å². The van der Waals surface area contributed by atoms with Crippen LogP contribution >= 0.6 is 0 Å². The van der Waals surface area contributed by atoms with Crippen molar-refractivity contribution in [1.82, 2.24) is 5.32 Å². The van der Waals surface area contributed by atoms with E-state index in [2.05, 4.69) is 5.32 Å². The third kappa shape index (κ3) is 3.45. The standard InChI is InChI=1S/C13H17N3O/c1-3-11(14)9(2)12(15)16-13(17)10-7-5-4-6-8-10/h4-8H,3,14H2,1-2H3,(H2,15,16,17)/b11-9-. The van der Waals surface area contributed by atoms with Gasteiger partial charge in [-0.1, -0.05) is 25.1 Å². The smallest absolute Gasteiger partial charge is 0.256 e. The SMILES string of the molecule is CC/C(N)=C(\C)C(=N)NC(=O)c1ccccc1. The fourth-order valence-electron chi connectivity index (χ4n) is 1.29. The molecule has 0 spiro atoms. The normalized spacial score (nSPS) is 11.6.